The zero-order valence-electron chi connectivity index (χ0n) is 8.55. The van der Waals surface area contributed by atoms with Crippen LogP contribution in [0, 0.1) is 0 Å². The number of aromatic amines is 1. The lowest BCUT2D eigenvalue weighted by Crippen LogP contribution is -2.12. The molecule has 0 aliphatic rings. The number of hydrogen-bond donors (Lipinski definition) is 2. The second-order valence-electron chi connectivity index (χ2n) is 2.97. The topological polar surface area (TPSA) is 92.8 Å². The lowest BCUT2D eigenvalue weighted by Gasteiger charge is -2.03. The minimum Gasteiger partial charge on any atom is -0.482 e. The molecule has 0 aliphatic heterocycles. The third kappa shape index (κ3) is 3.00. The molecule has 0 unspecified atom stereocenters. The van der Waals surface area contributed by atoms with E-state index in [9.17, 15) is 4.79 Å². The van der Waals surface area contributed by atoms with Gasteiger partial charge in [-0.05, 0) is 45.4 Å². The Kier molecular flexibility index (Phi) is 3.66. The van der Waals surface area contributed by atoms with Gasteiger partial charge >= 0.3 is 0 Å². The summed E-state index contributed by atoms with van der Waals surface area (Å²) in [5, 5.41) is 15.3. The van der Waals surface area contributed by atoms with E-state index < -0.39 is 0 Å². The molecule has 17 heavy (non-hydrogen) atoms. The Bertz CT molecular complexity index is 485. The molecule has 0 atom stereocenters. The summed E-state index contributed by atoms with van der Waals surface area (Å²) in [7, 11) is 0. The maximum Gasteiger partial charge on any atom is 0.270 e. The molecule has 1 aromatic heterocycles. The van der Waals surface area contributed by atoms with Crippen LogP contribution in [0.1, 0.15) is 10.4 Å². The standard InChI is InChI=1S/C9H8BrN5O2/c10-5-17-7-3-1-6(2-4-7)8(16)11-9-12-14-15-13-9/h1-4H,5H2,(H2,11,12,13,14,15,16). The smallest absolute Gasteiger partial charge is 0.270 e. The van der Waals surface area contributed by atoms with E-state index in [-0.39, 0.29) is 11.9 Å². The Hall–Kier alpha value is -1.96. The highest BCUT2D eigenvalue weighted by atomic mass is 79.9. The van der Waals surface area contributed by atoms with Gasteiger partial charge < -0.3 is 4.74 Å². The Labute approximate surface area is 105 Å². The number of ether oxygens (including phenoxy) is 1. The number of amides is 1. The maximum absolute atomic E-state index is 11.7. The van der Waals surface area contributed by atoms with Crippen molar-refractivity contribution in [1.29, 1.82) is 0 Å². The van der Waals surface area contributed by atoms with Crippen molar-refractivity contribution < 1.29 is 9.53 Å². The molecule has 0 fully saturated rings. The molecule has 7 nitrogen and oxygen atoms in total. The first-order valence-electron chi connectivity index (χ1n) is 4.63. The van der Waals surface area contributed by atoms with Crippen LogP contribution in [0.25, 0.3) is 0 Å². The van der Waals surface area contributed by atoms with Crippen LogP contribution in [0.5, 0.6) is 5.75 Å². The van der Waals surface area contributed by atoms with E-state index in [1.165, 1.54) is 0 Å². The van der Waals surface area contributed by atoms with Gasteiger partial charge in [0.25, 0.3) is 11.9 Å². The second-order valence-corrected chi connectivity index (χ2v) is 3.43. The number of nitrogens with zero attached hydrogens (tertiary/aromatic N) is 3. The zero-order chi connectivity index (χ0) is 12.1. The first-order valence-corrected chi connectivity index (χ1v) is 5.75. The fourth-order valence-corrected chi connectivity index (χ4v) is 1.42. The normalized spacial score (nSPS) is 9.94. The number of nitrogens with one attached hydrogen (secondary N) is 2. The largest absolute Gasteiger partial charge is 0.482 e. The number of hydrogen-bond acceptors (Lipinski definition) is 5. The molecule has 1 heterocycles. The Balaban J connectivity index is 2.04. The molecule has 2 rings (SSSR count). The summed E-state index contributed by atoms with van der Waals surface area (Å²) in [5.74, 6) is 0.505. The number of halogens is 1. The summed E-state index contributed by atoms with van der Waals surface area (Å²) in [6.07, 6.45) is 0. The van der Waals surface area contributed by atoms with Crippen molar-refractivity contribution >= 4 is 27.8 Å². The summed E-state index contributed by atoms with van der Waals surface area (Å²) in [6, 6.07) is 6.69. The molecular formula is C9H8BrN5O2. The lowest BCUT2D eigenvalue weighted by atomic mass is 10.2. The van der Waals surface area contributed by atoms with Gasteiger partial charge in [-0.15, -0.1) is 5.10 Å². The Morgan fingerprint density at radius 2 is 2.18 bits per heavy atom. The lowest BCUT2D eigenvalue weighted by molar-refractivity contribution is 0.102. The molecule has 8 heteroatoms. The molecule has 0 saturated heterocycles. The highest BCUT2D eigenvalue weighted by Crippen LogP contribution is 2.13. The number of aromatic nitrogens is 4. The van der Waals surface area contributed by atoms with Crippen molar-refractivity contribution in [2.45, 2.75) is 0 Å². The average Bonchev–Trinajstić information content (AvgIpc) is 2.83. The van der Waals surface area contributed by atoms with Gasteiger partial charge in [-0.2, -0.15) is 5.21 Å². The van der Waals surface area contributed by atoms with E-state index in [1.807, 2.05) is 0 Å². The van der Waals surface area contributed by atoms with E-state index in [1.54, 1.807) is 24.3 Å². The van der Waals surface area contributed by atoms with E-state index in [0.717, 1.165) is 0 Å². The number of benzene rings is 1. The third-order valence-electron chi connectivity index (χ3n) is 1.91. The average molecular weight is 298 g/mol. The summed E-state index contributed by atoms with van der Waals surface area (Å²) in [4.78, 5) is 11.7. The van der Waals surface area contributed by atoms with Crippen molar-refractivity contribution in [3.05, 3.63) is 29.8 Å². The first kappa shape index (κ1) is 11.5. The number of rotatable bonds is 4. The minimum absolute atomic E-state index is 0.135. The maximum atomic E-state index is 11.7. The summed E-state index contributed by atoms with van der Waals surface area (Å²) in [6.45, 7) is 0. The molecule has 1 amide bonds. The fourth-order valence-electron chi connectivity index (χ4n) is 1.15. The predicted molar refractivity (Wildman–Crippen MR) is 63.0 cm³/mol. The van der Waals surface area contributed by atoms with Crippen LogP contribution in [0.3, 0.4) is 0 Å². The van der Waals surface area contributed by atoms with Crippen molar-refractivity contribution in [2.75, 3.05) is 10.8 Å². The van der Waals surface area contributed by atoms with Crippen LogP contribution >= 0.6 is 15.9 Å². The predicted octanol–water partition coefficient (Wildman–Crippen LogP) is 1.18. The van der Waals surface area contributed by atoms with Gasteiger partial charge in [0.05, 0.1) is 0 Å². The molecule has 0 aliphatic carbocycles. The van der Waals surface area contributed by atoms with E-state index in [2.05, 4.69) is 41.9 Å². The molecule has 2 aromatic rings. The summed E-state index contributed by atoms with van der Waals surface area (Å²) >= 11 is 3.14. The van der Waals surface area contributed by atoms with Gasteiger partial charge in [-0.1, -0.05) is 5.10 Å². The van der Waals surface area contributed by atoms with Gasteiger partial charge in [0.15, 0.2) is 0 Å². The third-order valence-corrected chi connectivity index (χ3v) is 2.14. The molecule has 0 bridgehead atoms. The highest BCUT2D eigenvalue weighted by molar-refractivity contribution is 9.09. The highest BCUT2D eigenvalue weighted by Gasteiger charge is 2.08. The molecule has 1 aromatic carbocycles. The zero-order valence-corrected chi connectivity index (χ0v) is 10.1. The van der Waals surface area contributed by atoms with Gasteiger partial charge in [-0.25, -0.2) is 0 Å². The number of anilines is 1. The molecule has 0 spiro atoms. The molecule has 88 valence electrons. The number of tetrazole rings is 1. The van der Waals surface area contributed by atoms with Crippen LogP contribution in [-0.4, -0.2) is 32.0 Å². The SMILES string of the molecule is O=C(Nc1nn[nH]n1)c1ccc(OCBr)cc1. The van der Waals surface area contributed by atoms with Crippen molar-refractivity contribution in [2.24, 2.45) is 0 Å². The number of alkyl halides is 1. The van der Waals surface area contributed by atoms with Gasteiger partial charge in [0.2, 0.25) is 0 Å². The molecule has 0 saturated carbocycles. The monoisotopic (exact) mass is 297 g/mol. The van der Waals surface area contributed by atoms with Crippen molar-refractivity contribution in [3.63, 3.8) is 0 Å². The van der Waals surface area contributed by atoms with Crippen molar-refractivity contribution in [3.8, 4) is 5.75 Å². The van der Waals surface area contributed by atoms with E-state index >= 15 is 0 Å². The molecule has 0 radical (unpaired) electrons. The van der Waals surface area contributed by atoms with Crippen LogP contribution < -0.4 is 10.1 Å². The molecule has 2 N–H and O–H groups in total. The van der Waals surface area contributed by atoms with Gasteiger partial charge in [0.1, 0.15) is 11.3 Å². The minimum atomic E-state index is -0.309. The summed E-state index contributed by atoms with van der Waals surface area (Å²) in [5.41, 5.74) is 0.887. The van der Waals surface area contributed by atoms with Crippen LogP contribution in [-0.2, 0) is 0 Å². The summed E-state index contributed by atoms with van der Waals surface area (Å²) < 4.78 is 5.19. The van der Waals surface area contributed by atoms with Crippen molar-refractivity contribution in [1.82, 2.24) is 20.6 Å². The molecular weight excluding hydrogens is 290 g/mol. The fraction of sp³-hybridized carbons (Fsp3) is 0.111. The van der Waals surface area contributed by atoms with E-state index in [0.29, 0.717) is 16.8 Å². The Morgan fingerprint density at radius 3 is 2.76 bits per heavy atom. The van der Waals surface area contributed by atoms with Crippen LogP contribution in [0.4, 0.5) is 5.95 Å². The van der Waals surface area contributed by atoms with Gasteiger partial charge in [0, 0.05) is 5.56 Å². The Morgan fingerprint density at radius 1 is 1.41 bits per heavy atom. The number of H-pyrrole nitrogens is 1. The quantitative estimate of drug-likeness (QED) is 0.827. The second kappa shape index (κ2) is 5.39. The van der Waals surface area contributed by atoms with E-state index in [4.69, 9.17) is 4.74 Å². The first-order chi connectivity index (χ1) is 8.29. The number of carbonyl (C=O) groups is 1. The van der Waals surface area contributed by atoms with Crippen LogP contribution in [0.15, 0.2) is 24.3 Å². The number of carbonyl (C=O) groups excluding carboxylic acids is 1. The van der Waals surface area contributed by atoms with Gasteiger partial charge in [-0.3, -0.25) is 10.1 Å². The van der Waals surface area contributed by atoms with Crippen LogP contribution in [0.2, 0.25) is 0 Å².